The molecule has 3 rings (SSSR count). The zero-order valence-corrected chi connectivity index (χ0v) is 13.6. The third kappa shape index (κ3) is 3.08. The minimum atomic E-state index is 0.559. The van der Waals surface area contributed by atoms with Gasteiger partial charge in [-0.25, -0.2) is 9.97 Å². The van der Waals surface area contributed by atoms with Gasteiger partial charge in [0.1, 0.15) is 4.60 Å². The highest BCUT2D eigenvalue weighted by molar-refractivity contribution is 9.10. The number of benzene rings is 1. The van der Waals surface area contributed by atoms with Gasteiger partial charge in [0.2, 0.25) is 0 Å². The van der Waals surface area contributed by atoms with Crippen LogP contribution in [0.25, 0.3) is 5.65 Å². The fourth-order valence-electron chi connectivity index (χ4n) is 2.23. The molecule has 0 saturated carbocycles. The first-order valence-electron chi connectivity index (χ1n) is 6.95. The maximum atomic E-state index is 4.46. The molecule has 5 heteroatoms. The van der Waals surface area contributed by atoms with E-state index >= 15 is 0 Å². The van der Waals surface area contributed by atoms with Gasteiger partial charge in [0, 0.05) is 25.1 Å². The standard InChI is InChI=1S/C16H17BrN4/c1-11(2)13-5-3-12(4-6-13)9-19-15-16-18-7-8-21(16)10-14(17)20-15/h3-8,10-11H,9H2,1-2H3,(H,19,20). The predicted molar refractivity (Wildman–Crippen MR) is 88.5 cm³/mol. The Balaban J connectivity index is 1.78. The van der Waals surface area contributed by atoms with Crippen molar-refractivity contribution in [3.8, 4) is 0 Å². The van der Waals surface area contributed by atoms with Crippen LogP contribution in [0, 0.1) is 0 Å². The van der Waals surface area contributed by atoms with Gasteiger partial charge < -0.3 is 9.72 Å². The summed E-state index contributed by atoms with van der Waals surface area (Å²) < 4.78 is 2.73. The number of aromatic nitrogens is 3. The van der Waals surface area contributed by atoms with Crippen molar-refractivity contribution in [2.24, 2.45) is 0 Å². The molecule has 0 amide bonds. The molecule has 0 aliphatic carbocycles. The normalized spacial score (nSPS) is 11.2. The highest BCUT2D eigenvalue weighted by Crippen LogP contribution is 2.19. The molecule has 2 heterocycles. The lowest BCUT2D eigenvalue weighted by atomic mass is 10.0. The smallest absolute Gasteiger partial charge is 0.180 e. The van der Waals surface area contributed by atoms with Crippen LogP contribution in [0.5, 0.6) is 0 Å². The van der Waals surface area contributed by atoms with Crippen molar-refractivity contribution in [2.45, 2.75) is 26.3 Å². The molecule has 0 spiro atoms. The fourth-order valence-corrected chi connectivity index (χ4v) is 2.62. The molecular weight excluding hydrogens is 328 g/mol. The number of nitrogens with zero attached hydrogens (tertiary/aromatic N) is 3. The zero-order chi connectivity index (χ0) is 14.8. The van der Waals surface area contributed by atoms with Gasteiger partial charge in [-0.05, 0) is 33.0 Å². The number of anilines is 1. The Morgan fingerprint density at radius 2 is 2.00 bits per heavy atom. The summed E-state index contributed by atoms with van der Waals surface area (Å²) in [4.78, 5) is 8.78. The lowest BCUT2D eigenvalue weighted by molar-refractivity contribution is 0.865. The van der Waals surface area contributed by atoms with Crippen molar-refractivity contribution in [1.82, 2.24) is 14.4 Å². The number of nitrogens with one attached hydrogen (secondary N) is 1. The monoisotopic (exact) mass is 344 g/mol. The van der Waals surface area contributed by atoms with E-state index in [-0.39, 0.29) is 0 Å². The highest BCUT2D eigenvalue weighted by atomic mass is 79.9. The van der Waals surface area contributed by atoms with Crippen molar-refractivity contribution < 1.29 is 0 Å². The molecule has 0 fully saturated rings. The van der Waals surface area contributed by atoms with E-state index in [0.29, 0.717) is 5.92 Å². The number of halogens is 1. The molecule has 108 valence electrons. The van der Waals surface area contributed by atoms with Gasteiger partial charge in [0.25, 0.3) is 0 Å². The van der Waals surface area contributed by atoms with E-state index in [9.17, 15) is 0 Å². The maximum absolute atomic E-state index is 4.46. The molecule has 0 saturated heterocycles. The second-order valence-electron chi connectivity index (χ2n) is 5.32. The zero-order valence-electron chi connectivity index (χ0n) is 12.0. The first-order valence-corrected chi connectivity index (χ1v) is 7.74. The number of rotatable bonds is 4. The van der Waals surface area contributed by atoms with Crippen LogP contribution in [-0.4, -0.2) is 14.4 Å². The van der Waals surface area contributed by atoms with Crippen LogP contribution >= 0.6 is 15.9 Å². The van der Waals surface area contributed by atoms with E-state index in [1.54, 1.807) is 6.20 Å². The SMILES string of the molecule is CC(C)c1ccc(CNc2nc(Br)cn3ccnc23)cc1. The molecule has 2 aromatic heterocycles. The average Bonchev–Trinajstić information content (AvgIpc) is 2.93. The van der Waals surface area contributed by atoms with E-state index in [4.69, 9.17) is 0 Å². The minimum Gasteiger partial charge on any atom is -0.363 e. The number of hydrogen-bond acceptors (Lipinski definition) is 3. The van der Waals surface area contributed by atoms with Crippen LogP contribution in [0.3, 0.4) is 0 Å². The second kappa shape index (κ2) is 5.85. The molecule has 1 N–H and O–H groups in total. The molecule has 3 aromatic rings. The van der Waals surface area contributed by atoms with Gasteiger partial charge in [-0.1, -0.05) is 38.1 Å². The minimum absolute atomic E-state index is 0.559. The third-order valence-corrected chi connectivity index (χ3v) is 3.83. The summed E-state index contributed by atoms with van der Waals surface area (Å²) in [6, 6.07) is 8.68. The van der Waals surface area contributed by atoms with Crippen LogP contribution < -0.4 is 5.32 Å². The Bertz CT molecular complexity index is 747. The van der Waals surface area contributed by atoms with Gasteiger partial charge in [-0.15, -0.1) is 0 Å². The van der Waals surface area contributed by atoms with E-state index in [1.165, 1.54) is 11.1 Å². The quantitative estimate of drug-likeness (QED) is 0.770. The number of imidazole rings is 1. The lowest BCUT2D eigenvalue weighted by Crippen LogP contribution is -2.04. The van der Waals surface area contributed by atoms with E-state index in [2.05, 4.69) is 69.3 Å². The molecule has 0 unspecified atom stereocenters. The van der Waals surface area contributed by atoms with Crippen molar-refractivity contribution in [3.63, 3.8) is 0 Å². The number of fused-ring (bicyclic) bond motifs is 1. The first-order chi connectivity index (χ1) is 10.1. The molecular formula is C16H17BrN4. The molecule has 0 atom stereocenters. The molecule has 0 aliphatic rings. The van der Waals surface area contributed by atoms with E-state index in [0.717, 1.165) is 22.6 Å². The summed E-state index contributed by atoms with van der Waals surface area (Å²) in [5.41, 5.74) is 3.41. The maximum Gasteiger partial charge on any atom is 0.180 e. The molecule has 21 heavy (non-hydrogen) atoms. The summed E-state index contributed by atoms with van der Waals surface area (Å²) in [5.74, 6) is 1.34. The predicted octanol–water partition coefficient (Wildman–Crippen LogP) is 4.23. The molecule has 4 nitrogen and oxygen atoms in total. The van der Waals surface area contributed by atoms with Crippen LogP contribution in [0.2, 0.25) is 0 Å². The summed E-state index contributed by atoms with van der Waals surface area (Å²) in [6.07, 6.45) is 5.57. The summed E-state index contributed by atoms with van der Waals surface area (Å²) >= 11 is 3.42. The Morgan fingerprint density at radius 3 is 2.71 bits per heavy atom. The average molecular weight is 345 g/mol. The van der Waals surface area contributed by atoms with Crippen LogP contribution in [0.1, 0.15) is 30.9 Å². The van der Waals surface area contributed by atoms with Crippen molar-refractivity contribution in [1.29, 1.82) is 0 Å². The van der Waals surface area contributed by atoms with Gasteiger partial charge in [-0.2, -0.15) is 0 Å². The first kappa shape index (κ1) is 14.1. The largest absolute Gasteiger partial charge is 0.363 e. The topological polar surface area (TPSA) is 42.2 Å². The third-order valence-electron chi connectivity index (χ3n) is 3.45. The lowest BCUT2D eigenvalue weighted by Gasteiger charge is -2.09. The van der Waals surface area contributed by atoms with E-state index < -0.39 is 0 Å². The summed E-state index contributed by atoms with van der Waals surface area (Å²) in [7, 11) is 0. The highest BCUT2D eigenvalue weighted by Gasteiger charge is 2.06. The second-order valence-corrected chi connectivity index (χ2v) is 6.13. The summed E-state index contributed by atoms with van der Waals surface area (Å²) in [5, 5.41) is 3.36. The molecule has 0 radical (unpaired) electrons. The summed E-state index contributed by atoms with van der Waals surface area (Å²) in [6.45, 7) is 5.13. The van der Waals surface area contributed by atoms with E-state index in [1.807, 2.05) is 16.8 Å². The van der Waals surface area contributed by atoms with Crippen molar-refractivity contribution >= 4 is 27.4 Å². The fraction of sp³-hybridized carbons (Fsp3) is 0.250. The Kier molecular flexibility index (Phi) is 3.92. The van der Waals surface area contributed by atoms with Gasteiger partial charge >= 0.3 is 0 Å². The van der Waals surface area contributed by atoms with Gasteiger partial charge in [0.05, 0.1) is 0 Å². The van der Waals surface area contributed by atoms with Crippen LogP contribution in [0.15, 0.2) is 47.5 Å². The van der Waals surface area contributed by atoms with Crippen LogP contribution in [-0.2, 0) is 6.54 Å². The Morgan fingerprint density at radius 1 is 1.24 bits per heavy atom. The van der Waals surface area contributed by atoms with Crippen molar-refractivity contribution in [2.75, 3.05) is 5.32 Å². The van der Waals surface area contributed by atoms with Crippen molar-refractivity contribution in [3.05, 3.63) is 58.6 Å². The Hall–Kier alpha value is -1.88. The number of hydrogen-bond donors (Lipinski definition) is 1. The Labute approximate surface area is 132 Å². The molecule has 0 bridgehead atoms. The van der Waals surface area contributed by atoms with Gasteiger partial charge in [0.15, 0.2) is 11.5 Å². The molecule has 1 aromatic carbocycles. The molecule has 0 aliphatic heterocycles. The van der Waals surface area contributed by atoms with Gasteiger partial charge in [-0.3, -0.25) is 0 Å². The van der Waals surface area contributed by atoms with Crippen LogP contribution in [0.4, 0.5) is 5.82 Å².